The van der Waals surface area contributed by atoms with Crippen LogP contribution >= 0.6 is 23.2 Å². The lowest BCUT2D eigenvalue weighted by Crippen LogP contribution is -2.15. The molecule has 0 bridgehead atoms. The summed E-state index contributed by atoms with van der Waals surface area (Å²) in [5, 5.41) is 3.58. The Hall–Kier alpha value is -1.43. The monoisotopic (exact) mass is 344 g/mol. The minimum Gasteiger partial charge on any atom is -0.387 e. The molecule has 0 aliphatic rings. The molecule has 2 N–H and O–H groups in total. The van der Waals surface area contributed by atoms with Gasteiger partial charge >= 0.3 is 0 Å². The van der Waals surface area contributed by atoms with Crippen LogP contribution in [0.5, 0.6) is 0 Å². The predicted molar refractivity (Wildman–Crippen MR) is 88.0 cm³/mol. The van der Waals surface area contributed by atoms with Crippen LogP contribution in [0.4, 0.5) is 11.4 Å². The molecule has 7 heteroatoms. The summed E-state index contributed by atoms with van der Waals surface area (Å²) in [5.74, 6) is 0. The quantitative estimate of drug-likeness (QED) is 0.875. The summed E-state index contributed by atoms with van der Waals surface area (Å²) in [6.45, 7) is 1.79. The van der Waals surface area contributed by atoms with Gasteiger partial charge in [0, 0.05) is 12.1 Å². The number of nitrogens with one attached hydrogen (secondary N) is 2. The third-order valence-electron chi connectivity index (χ3n) is 2.94. The van der Waals surface area contributed by atoms with Gasteiger partial charge in [-0.05, 0) is 36.8 Å². The molecule has 0 aliphatic heterocycles. The zero-order valence-electron chi connectivity index (χ0n) is 11.4. The molecular weight excluding hydrogens is 331 g/mol. The zero-order valence-corrected chi connectivity index (χ0v) is 13.8. The Balaban J connectivity index is 2.45. The highest BCUT2D eigenvalue weighted by molar-refractivity contribution is 7.92. The van der Waals surface area contributed by atoms with E-state index in [4.69, 9.17) is 23.2 Å². The number of hydrogen-bond donors (Lipinski definition) is 2. The van der Waals surface area contributed by atoms with Crippen molar-refractivity contribution in [1.82, 2.24) is 0 Å². The van der Waals surface area contributed by atoms with Crippen molar-refractivity contribution in [2.24, 2.45) is 0 Å². The number of halogens is 2. The van der Waals surface area contributed by atoms with Gasteiger partial charge in [0.1, 0.15) is 4.90 Å². The lowest BCUT2D eigenvalue weighted by Gasteiger charge is -2.13. The van der Waals surface area contributed by atoms with E-state index >= 15 is 0 Å². The second-order valence-corrected chi connectivity index (χ2v) is 6.90. The topological polar surface area (TPSA) is 58.2 Å². The molecule has 0 heterocycles. The third-order valence-corrected chi connectivity index (χ3v) is 5.08. The van der Waals surface area contributed by atoms with Crippen LogP contribution in [0.1, 0.15) is 5.56 Å². The normalized spacial score (nSPS) is 11.2. The SMILES string of the molecule is CNc1ccccc1S(=O)(=O)Nc1cc(Cl)c(C)cc1Cl. The van der Waals surface area contributed by atoms with E-state index in [2.05, 4.69) is 10.0 Å². The number of rotatable bonds is 4. The number of aryl methyl sites for hydroxylation is 1. The zero-order chi connectivity index (χ0) is 15.6. The molecule has 2 aromatic carbocycles. The number of benzene rings is 2. The Kier molecular flexibility index (Phi) is 4.66. The van der Waals surface area contributed by atoms with Crippen molar-refractivity contribution in [2.45, 2.75) is 11.8 Å². The van der Waals surface area contributed by atoms with Crippen LogP contribution in [0.25, 0.3) is 0 Å². The highest BCUT2D eigenvalue weighted by Gasteiger charge is 2.19. The summed E-state index contributed by atoms with van der Waals surface area (Å²) < 4.78 is 27.4. The maximum Gasteiger partial charge on any atom is 0.263 e. The van der Waals surface area contributed by atoms with Crippen LogP contribution in [0.15, 0.2) is 41.3 Å². The molecule has 0 amide bonds. The molecule has 112 valence electrons. The average Bonchev–Trinajstić information content (AvgIpc) is 2.44. The van der Waals surface area contributed by atoms with Crippen molar-refractivity contribution in [3.8, 4) is 0 Å². The molecule has 4 nitrogen and oxygen atoms in total. The fraction of sp³-hybridized carbons (Fsp3) is 0.143. The van der Waals surface area contributed by atoms with E-state index < -0.39 is 10.0 Å². The fourth-order valence-corrected chi connectivity index (χ4v) is 3.60. The van der Waals surface area contributed by atoms with E-state index in [1.165, 1.54) is 12.1 Å². The van der Waals surface area contributed by atoms with Gasteiger partial charge in [0.15, 0.2) is 0 Å². The van der Waals surface area contributed by atoms with Gasteiger partial charge in [-0.15, -0.1) is 0 Å². The maximum absolute atomic E-state index is 12.5. The molecule has 0 fully saturated rings. The minimum absolute atomic E-state index is 0.139. The van der Waals surface area contributed by atoms with Crippen LogP contribution < -0.4 is 10.0 Å². The molecule has 0 unspecified atom stereocenters. The summed E-state index contributed by atoms with van der Waals surface area (Å²) in [4.78, 5) is 0.139. The van der Waals surface area contributed by atoms with Crippen molar-refractivity contribution < 1.29 is 8.42 Å². The second-order valence-electron chi connectivity index (χ2n) is 4.43. The Labute approximate surface area is 134 Å². The predicted octanol–water partition coefficient (Wildman–Crippen LogP) is 4.14. The van der Waals surface area contributed by atoms with E-state index in [-0.39, 0.29) is 10.6 Å². The first-order valence-electron chi connectivity index (χ1n) is 6.10. The first-order valence-corrected chi connectivity index (χ1v) is 8.34. The third kappa shape index (κ3) is 3.43. The highest BCUT2D eigenvalue weighted by atomic mass is 35.5. The molecule has 0 saturated heterocycles. The number of sulfonamides is 1. The van der Waals surface area contributed by atoms with Crippen molar-refractivity contribution in [3.63, 3.8) is 0 Å². The lowest BCUT2D eigenvalue weighted by atomic mass is 10.2. The van der Waals surface area contributed by atoms with Gasteiger partial charge in [-0.2, -0.15) is 0 Å². The average molecular weight is 345 g/mol. The molecule has 2 aromatic rings. The van der Waals surface area contributed by atoms with Crippen LogP contribution in [-0.2, 0) is 10.0 Å². The van der Waals surface area contributed by atoms with Gasteiger partial charge in [0.2, 0.25) is 0 Å². The summed E-state index contributed by atoms with van der Waals surface area (Å²) in [5.41, 5.74) is 1.53. The number of hydrogen-bond acceptors (Lipinski definition) is 3. The van der Waals surface area contributed by atoms with Crippen molar-refractivity contribution >= 4 is 44.6 Å². The molecule has 0 spiro atoms. The van der Waals surface area contributed by atoms with E-state index in [1.807, 2.05) is 0 Å². The highest BCUT2D eigenvalue weighted by Crippen LogP contribution is 2.31. The summed E-state index contributed by atoms with van der Waals surface area (Å²) in [7, 11) is -2.11. The van der Waals surface area contributed by atoms with E-state index in [0.29, 0.717) is 15.7 Å². The minimum atomic E-state index is -3.76. The van der Waals surface area contributed by atoms with Gasteiger partial charge in [0.05, 0.1) is 16.4 Å². The van der Waals surface area contributed by atoms with Gasteiger partial charge in [-0.25, -0.2) is 8.42 Å². The molecular formula is C14H14Cl2N2O2S. The fourth-order valence-electron chi connectivity index (χ4n) is 1.83. The smallest absolute Gasteiger partial charge is 0.263 e. The molecule has 0 saturated carbocycles. The second kappa shape index (κ2) is 6.13. The Morgan fingerprint density at radius 3 is 2.33 bits per heavy atom. The summed E-state index contributed by atoms with van der Waals surface area (Å²) >= 11 is 12.1. The number of para-hydroxylation sites is 1. The molecule has 2 rings (SSSR count). The van der Waals surface area contributed by atoms with Gasteiger partial charge in [0.25, 0.3) is 10.0 Å². The lowest BCUT2D eigenvalue weighted by molar-refractivity contribution is 0.601. The van der Waals surface area contributed by atoms with Crippen LogP contribution in [-0.4, -0.2) is 15.5 Å². The van der Waals surface area contributed by atoms with Gasteiger partial charge < -0.3 is 5.32 Å². The van der Waals surface area contributed by atoms with E-state index in [0.717, 1.165) is 5.56 Å². The largest absolute Gasteiger partial charge is 0.387 e. The van der Waals surface area contributed by atoms with Crippen LogP contribution in [0, 0.1) is 6.92 Å². The molecule has 0 aliphatic carbocycles. The standard InChI is InChI=1S/C14H14Cl2N2O2S/c1-9-7-11(16)13(8-10(9)15)18-21(19,20)14-6-4-3-5-12(14)17-2/h3-8,17-18H,1-2H3. The summed E-state index contributed by atoms with van der Waals surface area (Å²) in [6, 6.07) is 9.71. The van der Waals surface area contributed by atoms with Crippen molar-refractivity contribution in [3.05, 3.63) is 52.0 Å². The Morgan fingerprint density at radius 1 is 1.00 bits per heavy atom. The molecule has 0 atom stereocenters. The van der Waals surface area contributed by atoms with E-state index in [9.17, 15) is 8.42 Å². The molecule has 0 radical (unpaired) electrons. The maximum atomic E-state index is 12.5. The van der Waals surface area contributed by atoms with Gasteiger partial charge in [-0.1, -0.05) is 35.3 Å². The summed E-state index contributed by atoms with van der Waals surface area (Å²) in [6.07, 6.45) is 0. The van der Waals surface area contributed by atoms with Crippen molar-refractivity contribution in [1.29, 1.82) is 0 Å². The molecule has 21 heavy (non-hydrogen) atoms. The Bertz CT molecular complexity index is 777. The van der Waals surface area contributed by atoms with Gasteiger partial charge in [-0.3, -0.25) is 4.72 Å². The first kappa shape index (κ1) is 15.9. The molecule has 0 aromatic heterocycles. The van der Waals surface area contributed by atoms with E-state index in [1.54, 1.807) is 38.2 Å². The van der Waals surface area contributed by atoms with Crippen LogP contribution in [0.3, 0.4) is 0 Å². The first-order chi connectivity index (χ1) is 9.85. The Morgan fingerprint density at radius 2 is 1.67 bits per heavy atom. The van der Waals surface area contributed by atoms with Crippen LogP contribution in [0.2, 0.25) is 10.0 Å². The number of anilines is 2. The van der Waals surface area contributed by atoms with Crippen molar-refractivity contribution in [2.75, 3.05) is 17.1 Å².